The van der Waals surface area contributed by atoms with E-state index in [0.29, 0.717) is 28.9 Å². The summed E-state index contributed by atoms with van der Waals surface area (Å²) in [5.74, 6) is 0.0588. The van der Waals surface area contributed by atoms with Crippen LogP contribution in [0.3, 0.4) is 0 Å². The van der Waals surface area contributed by atoms with Gasteiger partial charge in [-0.1, -0.05) is 48.5 Å². The quantitative estimate of drug-likeness (QED) is 0.368. The number of esters is 1. The Balaban J connectivity index is 1.66. The van der Waals surface area contributed by atoms with Gasteiger partial charge in [-0.25, -0.2) is 9.59 Å². The highest BCUT2D eigenvalue weighted by Gasteiger charge is 2.45. The van der Waals surface area contributed by atoms with Crippen LogP contribution >= 0.6 is 11.6 Å². The Morgan fingerprint density at radius 2 is 1.93 bits per heavy atom. The van der Waals surface area contributed by atoms with Gasteiger partial charge in [0.15, 0.2) is 5.60 Å². The summed E-state index contributed by atoms with van der Waals surface area (Å²) >= 11 is 5.96. The van der Waals surface area contributed by atoms with Crippen LogP contribution in [0.5, 0.6) is 5.75 Å². The van der Waals surface area contributed by atoms with Crippen LogP contribution in [0.1, 0.15) is 17.5 Å². The zero-order chi connectivity index (χ0) is 19.9. The molecule has 0 bridgehead atoms. The molecule has 3 aromatic rings. The molecule has 1 atom stereocenters. The number of carbonyl (C=O) groups is 1. The second-order valence-corrected chi connectivity index (χ2v) is 7.18. The molecule has 142 valence electrons. The molecule has 1 aliphatic rings. The van der Waals surface area contributed by atoms with Crippen molar-refractivity contribution in [3.8, 4) is 5.75 Å². The van der Waals surface area contributed by atoms with Crippen molar-refractivity contribution in [2.75, 3.05) is 6.61 Å². The topological polar surface area (TPSA) is 65.7 Å². The molecule has 0 radical (unpaired) electrons. The normalized spacial score (nSPS) is 19.1. The summed E-state index contributed by atoms with van der Waals surface area (Å²) in [4.78, 5) is 23.9. The summed E-state index contributed by atoms with van der Waals surface area (Å²) in [6.45, 7) is 5.65. The second kappa shape index (κ2) is 6.84. The van der Waals surface area contributed by atoms with E-state index in [2.05, 4.69) is 6.58 Å². The summed E-state index contributed by atoms with van der Waals surface area (Å²) in [7, 11) is 0. The van der Waals surface area contributed by atoms with Crippen LogP contribution in [-0.2, 0) is 15.1 Å². The standard InChI is InChI=1S/C22H17ClO5/c1-13-11-22(28-20(13)24,15-6-4-3-5-7-15)12-26-16-8-9-17-14(2)19(23)21(25)27-18(17)10-16/h3-10H,1,11-12H2,2H3/t22-/m1/s1. The molecule has 1 aliphatic heterocycles. The Kier molecular flexibility index (Phi) is 4.47. The van der Waals surface area contributed by atoms with E-state index in [1.165, 1.54) is 0 Å². The van der Waals surface area contributed by atoms with E-state index in [1.54, 1.807) is 25.1 Å². The fraction of sp³-hybridized carbons (Fsp3) is 0.182. The molecule has 0 N–H and O–H groups in total. The number of fused-ring (bicyclic) bond motifs is 1. The molecule has 0 saturated carbocycles. The van der Waals surface area contributed by atoms with Gasteiger partial charge in [0.2, 0.25) is 0 Å². The molecule has 4 rings (SSSR count). The van der Waals surface area contributed by atoms with Crippen LogP contribution in [0.25, 0.3) is 11.0 Å². The van der Waals surface area contributed by atoms with Crippen LogP contribution in [-0.4, -0.2) is 12.6 Å². The first kappa shape index (κ1) is 18.3. The second-order valence-electron chi connectivity index (χ2n) is 6.81. The van der Waals surface area contributed by atoms with Crippen LogP contribution < -0.4 is 10.4 Å². The number of benzene rings is 2. The minimum Gasteiger partial charge on any atom is -0.489 e. The minimum absolute atomic E-state index is 0.0700. The average molecular weight is 397 g/mol. The number of aryl methyl sites for hydroxylation is 1. The third kappa shape index (κ3) is 3.08. The fourth-order valence-electron chi connectivity index (χ4n) is 3.37. The van der Waals surface area contributed by atoms with E-state index in [0.717, 1.165) is 10.9 Å². The van der Waals surface area contributed by atoms with Gasteiger partial charge in [-0.3, -0.25) is 0 Å². The molecule has 2 aromatic carbocycles. The molecule has 1 aromatic heterocycles. The van der Waals surface area contributed by atoms with E-state index < -0.39 is 17.2 Å². The van der Waals surface area contributed by atoms with Gasteiger partial charge in [0, 0.05) is 23.4 Å². The van der Waals surface area contributed by atoms with Crippen molar-refractivity contribution >= 4 is 28.5 Å². The van der Waals surface area contributed by atoms with Gasteiger partial charge in [0.25, 0.3) is 0 Å². The number of rotatable bonds is 4. The van der Waals surface area contributed by atoms with Crippen molar-refractivity contribution in [3.63, 3.8) is 0 Å². The monoisotopic (exact) mass is 396 g/mol. The lowest BCUT2D eigenvalue weighted by Gasteiger charge is -2.27. The smallest absolute Gasteiger partial charge is 0.355 e. The molecule has 0 amide bonds. The number of carbonyl (C=O) groups excluding carboxylic acids is 1. The van der Waals surface area contributed by atoms with E-state index in [1.807, 2.05) is 30.3 Å². The lowest BCUT2D eigenvalue weighted by atomic mass is 9.90. The zero-order valence-electron chi connectivity index (χ0n) is 15.2. The Labute approximate surface area is 166 Å². The maximum atomic E-state index is 12.0. The number of ether oxygens (including phenoxy) is 2. The van der Waals surface area contributed by atoms with E-state index in [4.69, 9.17) is 25.5 Å². The summed E-state index contributed by atoms with van der Waals surface area (Å²) in [6.07, 6.45) is 0.341. The highest BCUT2D eigenvalue weighted by molar-refractivity contribution is 6.31. The summed E-state index contributed by atoms with van der Waals surface area (Å²) < 4.78 is 16.9. The molecule has 1 saturated heterocycles. The van der Waals surface area contributed by atoms with E-state index >= 15 is 0 Å². The Morgan fingerprint density at radius 3 is 2.61 bits per heavy atom. The Hall–Kier alpha value is -3.05. The highest BCUT2D eigenvalue weighted by atomic mass is 35.5. The van der Waals surface area contributed by atoms with Gasteiger partial charge in [-0.15, -0.1) is 0 Å². The van der Waals surface area contributed by atoms with E-state index in [9.17, 15) is 9.59 Å². The van der Waals surface area contributed by atoms with Gasteiger partial charge in [0.05, 0.1) is 0 Å². The van der Waals surface area contributed by atoms with Crippen molar-refractivity contribution in [1.29, 1.82) is 0 Å². The first-order chi connectivity index (χ1) is 13.4. The molecular formula is C22H17ClO5. The van der Waals surface area contributed by atoms with Crippen molar-refractivity contribution in [2.24, 2.45) is 0 Å². The van der Waals surface area contributed by atoms with Gasteiger partial charge in [-0.2, -0.15) is 0 Å². The zero-order valence-corrected chi connectivity index (χ0v) is 15.9. The fourth-order valence-corrected chi connectivity index (χ4v) is 3.51. The van der Waals surface area contributed by atoms with Crippen LogP contribution in [0.2, 0.25) is 5.02 Å². The van der Waals surface area contributed by atoms with E-state index in [-0.39, 0.29) is 11.6 Å². The van der Waals surface area contributed by atoms with Gasteiger partial charge < -0.3 is 13.9 Å². The third-order valence-corrected chi connectivity index (χ3v) is 5.35. The number of cyclic esters (lactones) is 1. The summed E-state index contributed by atoms with van der Waals surface area (Å²) in [6, 6.07) is 14.6. The van der Waals surface area contributed by atoms with Crippen molar-refractivity contribution in [3.05, 3.63) is 87.3 Å². The molecular weight excluding hydrogens is 380 g/mol. The predicted molar refractivity (Wildman–Crippen MR) is 106 cm³/mol. The molecule has 0 spiro atoms. The van der Waals surface area contributed by atoms with Crippen LogP contribution in [0, 0.1) is 6.92 Å². The maximum Gasteiger partial charge on any atom is 0.355 e. The van der Waals surface area contributed by atoms with Crippen LogP contribution in [0.15, 0.2) is 69.9 Å². The van der Waals surface area contributed by atoms with Gasteiger partial charge in [0.1, 0.15) is 23.0 Å². The van der Waals surface area contributed by atoms with Crippen molar-refractivity contribution in [1.82, 2.24) is 0 Å². The van der Waals surface area contributed by atoms with Gasteiger partial charge >= 0.3 is 11.6 Å². The first-order valence-electron chi connectivity index (χ1n) is 8.72. The molecule has 2 heterocycles. The molecule has 6 heteroatoms. The lowest BCUT2D eigenvalue weighted by Crippen LogP contribution is -2.33. The Bertz CT molecular complexity index is 1130. The lowest BCUT2D eigenvalue weighted by molar-refractivity contribution is -0.150. The molecule has 0 unspecified atom stereocenters. The van der Waals surface area contributed by atoms with Crippen molar-refractivity contribution in [2.45, 2.75) is 18.9 Å². The van der Waals surface area contributed by atoms with Crippen LogP contribution in [0.4, 0.5) is 0 Å². The average Bonchev–Trinajstić information content (AvgIpc) is 3.00. The highest BCUT2D eigenvalue weighted by Crippen LogP contribution is 2.39. The number of hydrogen-bond donors (Lipinski definition) is 0. The molecule has 5 nitrogen and oxygen atoms in total. The molecule has 1 fully saturated rings. The number of halogens is 1. The van der Waals surface area contributed by atoms with Gasteiger partial charge in [-0.05, 0) is 30.2 Å². The summed E-state index contributed by atoms with van der Waals surface area (Å²) in [5.41, 5.74) is 0.734. The SMILES string of the molecule is C=C1C[C@@](COc2ccc3c(C)c(Cl)c(=O)oc3c2)(c2ccccc2)OC1=O. The minimum atomic E-state index is -0.943. The molecule has 28 heavy (non-hydrogen) atoms. The summed E-state index contributed by atoms with van der Waals surface area (Å²) in [5, 5.41) is 0.802. The molecule has 0 aliphatic carbocycles. The third-order valence-electron chi connectivity index (χ3n) is 4.92. The first-order valence-corrected chi connectivity index (χ1v) is 9.10. The largest absolute Gasteiger partial charge is 0.489 e. The van der Waals surface area contributed by atoms with Crippen molar-refractivity contribution < 1.29 is 18.7 Å². The number of hydrogen-bond acceptors (Lipinski definition) is 5. The Morgan fingerprint density at radius 1 is 1.18 bits per heavy atom. The maximum absolute atomic E-state index is 12.0. The predicted octanol–water partition coefficient (Wildman–Crippen LogP) is 4.53.